The molecule has 0 saturated heterocycles. The predicted octanol–water partition coefficient (Wildman–Crippen LogP) is 3.42. The molecule has 5 nitrogen and oxygen atoms in total. The fourth-order valence-corrected chi connectivity index (χ4v) is 2.54. The van der Waals surface area contributed by atoms with Crippen LogP contribution in [0.1, 0.15) is 38.1 Å². The number of benzene rings is 1. The number of aryl methyl sites for hydroxylation is 2. The summed E-state index contributed by atoms with van der Waals surface area (Å²) in [7, 11) is 1.86. The molecule has 0 aliphatic carbocycles. The van der Waals surface area contributed by atoms with Crippen LogP contribution < -0.4 is 10.1 Å². The number of hydrogen-bond donors (Lipinski definition) is 1. The van der Waals surface area contributed by atoms with E-state index in [0.717, 1.165) is 11.3 Å². The lowest BCUT2D eigenvalue weighted by atomic mass is 10.1. The van der Waals surface area contributed by atoms with E-state index in [9.17, 15) is 4.79 Å². The minimum Gasteiger partial charge on any atom is -0.478 e. The number of halogens is 1. The summed E-state index contributed by atoms with van der Waals surface area (Å²) in [5.41, 5.74) is 0.864. The van der Waals surface area contributed by atoms with Gasteiger partial charge in [-0.15, -0.1) is 0 Å². The average molecular weight is 336 g/mol. The molecule has 1 aromatic carbocycles. The zero-order valence-electron chi connectivity index (χ0n) is 14.1. The van der Waals surface area contributed by atoms with Gasteiger partial charge in [-0.05, 0) is 45.9 Å². The van der Waals surface area contributed by atoms with Crippen LogP contribution in [-0.4, -0.2) is 21.3 Å². The second-order valence-corrected chi connectivity index (χ2v) is 6.54. The van der Waals surface area contributed by atoms with Crippen molar-refractivity contribution < 1.29 is 9.53 Å². The summed E-state index contributed by atoms with van der Waals surface area (Å²) in [5.74, 6) is 0.357. The van der Waals surface area contributed by atoms with Gasteiger partial charge in [-0.25, -0.2) is 0 Å². The van der Waals surface area contributed by atoms with Crippen LogP contribution in [0.4, 0.5) is 0 Å². The number of nitrogens with one attached hydrogen (secondary N) is 1. The Morgan fingerprint density at radius 1 is 1.43 bits per heavy atom. The first-order valence-corrected chi connectivity index (χ1v) is 7.82. The SMILES string of the molecule is Cc1nn(C)cc1[C@@H](C)NC(=O)C(C)(C)Oc1cccc(Cl)c1. The Kier molecular flexibility index (Phi) is 5.00. The highest BCUT2D eigenvalue weighted by Crippen LogP contribution is 2.23. The van der Waals surface area contributed by atoms with Gasteiger partial charge in [0.15, 0.2) is 5.60 Å². The van der Waals surface area contributed by atoms with Crippen molar-refractivity contribution in [2.45, 2.75) is 39.3 Å². The number of aromatic nitrogens is 2. The van der Waals surface area contributed by atoms with Gasteiger partial charge >= 0.3 is 0 Å². The molecule has 0 saturated carbocycles. The number of ether oxygens (including phenoxy) is 1. The number of rotatable bonds is 5. The normalized spacial score (nSPS) is 12.8. The Hall–Kier alpha value is -2.01. The molecule has 0 spiro atoms. The third-order valence-corrected chi connectivity index (χ3v) is 3.82. The Balaban J connectivity index is 2.07. The largest absolute Gasteiger partial charge is 0.478 e. The number of hydrogen-bond acceptors (Lipinski definition) is 3. The van der Waals surface area contributed by atoms with Gasteiger partial charge in [0, 0.05) is 23.8 Å². The number of amides is 1. The quantitative estimate of drug-likeness (QED) is 0.910. The van der Waals surface area contributed by atoms with Crippen molar-refractivity contribution in [1.82, 2.24) is 15.1 Å². The molecule has 1 N–H and O–H groups in total. The van der Waals surface area contributed by atoms with Crippen LogP contribution >= 0.6 is 11.6 Å². The molecule has 23 heavy (non-hydrogen) atoms. The summed E-state index contributed by atoms with van der Waals surface area (Å²) >= 11 is 5.95. The molecule has 2 rings (SSSR count). The van der Waals surface area contributed by atoms with Gasteiger partial charge < -0.3 is 10.1 Å². The van der Waals surface area contributed by atoms with E-state index >= 15 is 0 Å². The first-order valence-electron chi connectivity index (χ1n) is 7.45. The maximum absolute atomic E-state index is 12.6. The van der Waals surface area contributed by atoms with Gasteiger partial charge in [-0.3, -0.25) is 9.48 Å². The van der Waals surface area contributed by atoms with Crippen molar-refractivity contribution in [2.24, 2.45) is 7.05 Å². The average Bonchev–Trinajstić information content (AvgIpc) is 2.77. The molecule has 124 valence electrons. The van der Waals surface area contributed by atoms with Crippen LogP contribution in [0.2, 0.25) is 5.02 Å². The number of carbonyl (C=O) groups excluding carboxylic acids is 1. The minimum absolute atomic E-state index is 0.154. The zero-order valence-corrected chi connectivity index (χ0v) is 14.8. The fourth-order valence-electron chi connectivity index (χ4n) is 2.36. The smallest absolute Gasteiger partial charge is 0.264 e. The van der Waals surface area contributed by atoms with Crippen molar-refractivity contribution in [3.63, 3.8) is 0 Å². The lowest BCUT2D eigenvalue weighted by Crippen LogP contribution is -2.47. The molecule has 2 aromatic rings. The van der Waals surface area contributed by atoms with E-state index in [1.54, 1.807) is 42.8 Å². The first-order chi connectivity index (χ1) is 10.7. The highest BCUT2D eigenvalue weighted by atomic mass is 35.5. The van der Waals surface area contributed by atoms with Crippen LogP contribution in [0.25, 0.3) is 0 Å². The van der Waals surface area contributed by atoms with E-state index in [1.165, 1.54) is 0 Å². The monoisotopic (exact) mass is 335 g/mol. The molecule has 0 aliphatic heterocycles. The second kappa shape index (κ2) is 6.62. The molecule has 0 aliphatic rings. The molecular formula is C17H22ClN3O2. The van der Waals surface area contributed by atoms with E-state index in [-0.39, 0.29) is 11.9 Å². The molecule has 0 bridgehead atoms. The Labute approximate surface area is 141 Å². The molecule has 1 heterocycles. The number of carbonyl (C=O) groups is 1. The van der Waals surface area contributed by atoms with Crippen LogP contribution in [-0.2, 0) is 11.8 Å². The van der Waals surface area contributed by atoms with E-state index in [1.807, 2.05) is 27.1 Å². The highest BCUT2D eigenvalue weighted by molar-refractivity contribution is 6.30. The van der Waals surface area contributed by atoms with Crippen molar-refractivity contribution in [3.8, 4) is 5.75 Å². The Morgan fingerprint density at radius 3 is 2.70 bits per heavy atom. The Bertz CT molecular complexity index is 710. The molecule has 0 fully saturated rings. The predicted molar refractivity (Wildman–Crippen MR) is 90.7 cm³/mol. The van der Waals surface area contributed by atoms with Crippen molar-refractivity contribution in [2.75, 3.05) is 0 Å². The zero-order chi connectivity index (χ0) is 17.2. The summed E-state index contributed by atoms with van der Waals surface area (Å²) in [6, 6.07) is 6.85. The molecule has 1 amide bonds. The first kappa shape index (κ1) is 17.3. The standard InChI is InChI=1S/C17H22ClN3O2/c1-11(15-10-21(5)20-12(15)2)19-16(22)17(3,4)23-14-8-6-7-13(18)9-14/h6-11H,1-5H3,(H,19,22)/t11-/m1/s1. The maximum Gasteiger partial charge on any atom is 0.264 e. The lowest BCUT2D eigenvalue weighted by Gasteiger charge is -2.27. The van der Waals surface area contributed by atoms with Crippen molar-refractivity contribution >= 4 is 17.5 Å². The molecule has 0 unspecified atom stereocenters. The second-order valence-electron chi connectivity index (χ2n) is 6.11. The van der Waals surface area contributed by atoms with E-state index in [4.69, 9.17) is 16.3 Å². The van der Waals surface area contributed by atoms with Crippen molar-refractivity contribution in [3.05, 3.63) is 46.7 Å². The molecular weight excluding hydrogens is 314 g/mol. The van der Waals surface area contributed by atoms with E-state index < -0.39 is 5.60 Å². The van der Waals surface area contributed by atoms with Crippen LogP contribution in [0.3, 0.4) is 0 Å². The van der Waals surface area contributed by atoms with Crippen molar-refractivity contribution in [1.29, 1.82) is 0 Å². The molecule has 0 radical (unpaired) electrons. The lowest BCUT2D eigenvalue weighted by molar-refractivity contribution is -0.134. The molecule has 6 heteroatoms. The summed E-state index contributed by atoms with van der Waals surface area (Å²) in [6.07, 6.45) is 1.91. The minimum atomic E-state index is -1.02. The number of nitrogens with zero attached hydrogens (tertiary/aromatic N) is 2. The van der Waals surface area contributed by atoms with Crippen LogP contribution in [0, 0.1) is 6.92 Å². The van der Waals surface area contributed by atoms with Crippen LogP contribution in [0.15, 0.2) is 30.5 Å². The van der Waals surface area contributed by atoms with E-state index in [0.29, 0.717) is 10.8 Å². The van der Waals surface area contributed by atoms with E-state index in [2.05, 4.69) is 10.4 Å². The maximum atomic E-state index is 12.6. The Morgan fingerprint density at radius 2 is 2.13 bits per heavy atom. The van der Waals surface area contributed by atoms with Gasteiger partial charge in [0.25, 0.3) is 5.91 Å². The summed E-state index contributed by atoms with van der Waals surface area (Å²) < 4.78 is 7.54. The van der Waals surface area contributed by atoms with Gasteiger partial charge in [-0.2, -0.15) is 5.10 Å². The summed E-state index contributed by atoms with van der Waals surface area (Å²) in [6.45, 7) is 7.31. The highest BCUT2D eigenvalue weighted by Gasteiger charge is 2.31. The molecule has 1 aromatic heterocycles. The molecule has 1 atom stereocenters. The topological polar surface area (TPSA) is 56.2 Å². The third kappa shape index (κ3) is 4.26. The van der Waals surface area contributed by atoms with Crippen LogP contribution in [0.5, 0.6) is 5.75 Å². The fraction of sp³-hybridized carbons (Fsp3) is 0.412. The van der Waals surface area contributed by atoms with Gasteiger partial charge in [-0.1, -0.05) is 17.7 Å². The summed E-state index contributed by atoms with van der Waals surface area (Å²) in [4.78, 5) is 12.6. The van der Waals surface area contributed by atoms with Gasteiger partial charge in [0.05, 0.1) is 11.7 Å². The third-order valence-electron chi connectivity index (χ3n) is 3.58. The summed E-state index contributed by atoms with van der Waals surface area (Å²) in [5, 5.41) is 7.84. The van der Waals surface area contributed by atoms with Gasteiger partial charge in [0.2, 0.25) is 0 Å². The van der Waals surface area contributed by atoms with Gasteiger partial charge in [0.1, 0.15) is 5.75 Å².